The van der Waals surface area contributed by atoms with Crippen LogP contribution in [0.1, 0.15) is 30.4 Å². The molecule has 0 spiro atoms. The van der Waals surface area contributed by atoms with Gasteiger partial charge in [0.05, 0.1) is 19.3 Å². The molecular formula is C30H29KN4O5. The predicted octanol–water partition coefficient (Wildman–Crippen LogP) is 4.72. The molecular weight excluding hydrogens is 535 g/mol. The van der Waals surface area contributed by atoms with Gasteiger partial charge < -0.3 is 9.47 Å². The van der Waals surface area contributed by atoms with E-state index in [2.05, 4.69) is 21.6 Å². The summed E-state index contributed by atoms with van der Waals surface area (Å²) < 4.78 is 17.6. The van der Waals surface area contributed by atoms with E-state index in [-0.39, 0.29) is 62.7 Å². The van der Waals surface area contributed by atoms with E-state index in [1.54, 1.807) is 42.9 Å². The van der Waals surface area contributed by atoms with Crippen molar-refractivity contribution in [3.05, 3.63) is 111 Å². The summed E-state index contributed by atoms with van der Waals surface area (Å²) >= 11 is 0. The molecule has 0 unspecified atom stereocenters. The van der Waals surface area contributed by atoms with E-state index in [0.717, 1.165) is 28.7 Å². The Morgan fingerprint density at radius 1 is 0.925 bits per heavy atom. The summed E-state index contributed by atoms with van der Waals surface area (Å²) in [5.74, 6) is 1.91. The molecule has 9 nitrogen and oxygen atoms in total. The molecule has 2 heterocycles. The van der Waals surface area contributed by atoms with Crippen molar-refractivity contribution in [1.29, 1.82) is 0 Å². The van der Waals surface area contributed by atoms with E-state index in [4.69, 9.17) is 14.5 Å². The number of rotatable bonds is 9. The summed E-state index contributed by atoms with van der Waals surface area (Å²) in [7, 11) is 1.60. The van der Waals surface area contributed by atoms with Gasteiger partial charge in [0.2, 0.25) is 5.75 Å². The summed E-state index contributed by atoms with van der Waals surface area (Å²) in [5.41, 5.74) is 3.83. The molecule has 3 aromatic carbocycles. The van der Waals surface area contributed by atoms with Gasteiger partial charge in [-0.1, -0.05) is 60.6 Å². The predicted molar refractivity (Wildman–Crippen MR) is 155 cm³/mol. The molecule has 1 N–H and O–H groups in total. The van der Waals surface area contributed by atoms with Crippen LogP contribution >= 0.6 is 0 Å². The molecule has 0 saturated heterocycles. The number of H-pyrrole nitrogens is 1. The van der Waals surface area contributed by atoms with Gasteiger partial charge in [0, 0.05) is 12.0 Å². The topological polar surface area (TPSA) is 112 Å². The first-order valence-electron chi connectivity index (χ1n) is 12.6. The Labute approximate surface area is 273 Å². The number of methoxy groups -OCH3 is 1. The minimum absolute atomic E-state index is 0. The summed E-state index contributed by atoms with van der Waals surface area (Å²) in [4.78, 5) is 32.4. The van der Waals surface area contributed by atoms with E-state index < -0.39 is 5.76 Å². The number of benzene rings is 3. The second-order valence-electron chi connectivity index (χ2n) is 9.05. The SMILES string of the molecule is CCCc1nc(C)c(Oc2ccc(OC)cc2)c(=O)n1Cc1ccc(-c2ccccc2-c2noc(=O)[nH]2)cc1.[KH]. The standard InChI is InChI=1S/C30H28N4O5.K.H/c1-4-7-26-31-19(2)27(38-23-16-14-22(37-3)15-17-23)29(35)34(26)18-20-10-12-21(13-11-20)24-8-5-6-9-25(24)28-32-30(36)39-33-28;;/h5-6,8-17H,4,7,18H2,1-3H3,(H,32,33,36);;. The molecule has 0 atom stereocenters. The van der Waals surface area contributed by atoms with Crippen molar-refractivity contribution in [2.75, 3.05) is 7.11 Å². The molecule has 5 aromatic rings. The Balaban J connectivity index is 0.00000370. The number of aryl methyl sites for hydroxylation is 2. The van der Waals surface area contributed by atoms with E-state index >= 15 is 0 Å². The van der Waals surface area contributed by atoms with Crippen LogP contribution < -0.4 is 20.8 Å². The average Bonchev–Trinajstić information content (AvgIpc) is 3.40. The monoisotopic (exact) mass is 564 g/mol. The van der Waals surface area contributed by atoms with Crippen LogP contribution in [0.5, 0.6) is 17.2 Å². The Kier molecular flexibility index (Phi) is 9.93. The molecule has 0 bridgehead atoms. The number of nitrogens with zero attached hydrogens (tertiary/aromatic N) is 3. The van der Waals surface area contributed by atoms with Gasteiger partial charge in [-0.3, -0.25) is 18.9 Å². The summed E-state index contributed by atoms with van der Waals surface area (Å²) in [5, 5.41) is 3.83. The summed E-state index contributed by atoms with van der Waals surface area (Å²) in [6, 6.07) is 22.6. The molecule has 200 valence electrons. The van der Waals surface area contributed by atoms with Gasteiger partial charge >= 0.3 is 57.1 Å². The van der Waals surface area contributed by atoms with Crippen molar-refractivity contribution in [2.24, 2.45) is 0 Å². The Morgan fingerprint density at radius 3 is 2.23 bits per heavy atom. The van der Waals surface area contributed by atoms with Crippen LogP contribution in [0.15, 0.2) is 86.9 Å². The van der Waals surface area contributed by atoms with Gasteiger partial charge in [0.15, 0.2) is 5.82 Å². The van der Waals surface area contributed by atoms with Crippen molar-refractivity contribution < 1.29 is 14.0 Å². The van der Waals surface area contributed by atoms with Crippen LogP contribution in [-0.2, 0) is 13.0 Å². The number of hydrogen-bond donors (Lipinski definition) is 1. The normalized spacial score (nSPS) is 10.7. The van der Waals surface area contributed by atoms with Gasteiger partial charge in [-0.2, -0.15) is 0 Å². The second-order valence-corrected chi connectivity index (χ2v) is 9.05. The van der Waals surface area contributed by atoms with Gasteiger partial charge in [-0.25, -0.2) is 9.78 Å². The molecule has 0 aliphatic carbocycles. The number of aromatic nitrogens is 4. The second kappa shape index (κ2) is 13.4. The number of hydrogen-bond acceptors (Lipinski definition) is 7. The minimum atomic E-state index is -0.606. The molecule has 0 aliphatic heterocycles. The van der Waals surface area contributed by atoms with E-state index in [1.807, 2.05) is 48.5 Å². The van der Waals surface area contributed by atoms with Crippen molar-refractivity contribution in [3.8, 4) is 39.8 Å². The van der Waals surface area contributed by atoms with Crippen molar-refractivity contribution >= 4 is 51.4 Å². The maximum atomic E-state index is 13.6. The van der Waals surface area contributed by atoms with Gasteiger partial charge in [-0.05, 0) is 54.3 Å². The molecule has 0 radical (unpaired) electrons. The van der Waals surface area contributed by atoms with Crippen LogP contribution in [0.2, 0.25) is 0 Å². The number of aromatic amines is 1. The fourth-order valence-corrected chi connectivity index (χ4v) is 4.42. The van der Waals surface area contributed by atoms with E-state index in [1.165, 1.54) is 0 Å². The molecule has 0 saturated carbocycles. The Morgan fingerprint density at radius 2 is 1.60 bits per heavy atom. The molecule has 0 fully saturated rings. The fraction of sp³-hybridized carbons (Fsp3) is 0.200. The zero-order valence-electron chi connectivity index (χ0n) is 21.9. The van der Waals surface area contributed by atoms with Crippen LogP contribution in [0.4, 0.5) is 0 Å². The van der Waals surface area contributed by atoms with Crippen molar-refractivity contribution in [1.82, 2.24) is 19.7 Å². The number of ether oxygens (including phenoxy) is 2. The first-order chi connectivity index (χ1) is 19.0. The average molecular weight is 565 g/mol. The first kappa shape index (κ1) is 29.7. The molecule has 40 heavy (non-hydrogen) atoms. The zero-order valence-corrected chi connectivity index (χ0v) is 21.9. The Hall–Kier alpha value is -3.28. The fourth-order valence-electron chi connectivity index (χ4n) is 4.42. The van der Waals surface area contributed by atoms with Crippen LogP contribution in [0, 0.1) is 6.92 Å². The van der Waals surface area contributed by atoms with E-state index in [9.17, 15) is 9.59 Å². The van der Waals surface area contributed by atoms with Crippen molar-refractivity contribution in [3.63, 3.8) is 0 Å². The van der Waals surface area contributed by atoms with Crippen LogP contribution in [0.3, 0.4) is 0 Å². The third kappa shape index (κ3) is 6.53. The molecule has 0 aliphatic rings. The molecule has 10 heteroatoms. The first-order valence-corrected chi connectivity index (χ1v) is 12.6. The molecule has 5 rings (SSSR count). The van der Waals surface area contributed by atoms with Gasteiger partial charge in [-0.15, -0.1) is 0 Å². The third-order valence-electron chi connectivity index (χ3n) is 6.36. The quantitative estimate of drug-likeness (QED) is 0.258. The molecule has 0 amide bonds. The Bertz CT molecular complexity index is 1710. The van der Waals surface area contributed by atoms with Crippen LogP contribution in [-0.4, -0.2) is 78.2 Å². The van der Waals surface area contributed by atoms with Gasteiger partial charge in [0.25, 0.3) is 5.56 Å². The van der Waals surface area contributed by atoms with Crippen molar-refractivity contribution in [2.45, 2.75) is 33.2 Å². The number of nitrogens with one attached hydrogen (secondary N) is 1. The van der Waals surface area contributed by atoms with Crippen LogP contribution in [0.25, 0.3) is 22.5 Å². The third-order valence-corrected chi connectivity index (χ3v) is 6.36. The summed E-state index contributed by atoms with van der Waals surface area (Å²) in [6.45, 7) is 4.19. The van der Waals surface area contributed by atoms with E-state index in [0.29, 0.717) is 41.8 Å². The maximum absolute atomic E-state index is 13.6. The summed E-state index contributed by atoms with van der Waals surface area (Å²) in [6.07, 6.45) is 1.52. The van der Waals surface area contributed by atoms with Gasteiger partial charge in [0.1, 0.15) is 17.3 Å². The zero-order chi connectivity index (χ0) is 27.4. The molecule has 2 aromatic heterocycles.